The lowest BCUT2D eigenvalue weighted by Gasteiger charge is -2.33. The van der Waals surface area contributed by atoms with Crippen molar-refractivity contribution in [3.63, 3.8) is 0 Å². The molecule has 1 aliphatic carbocycles. The van der Waals surface area contributed by atoms with Crippen molar-refractivity contribution in [3.8, 4) is 6.01 Å². The van der Waals surface area contributed by atoms with Crippen LogP contribution in [-0.4, -0.2) is 65.3 Å². The molecule has 4 aliphatic rings. The van der Waals surface area contributed by atoms with E-state index in [0.29, 0.717) is 12.8 Å². The van der Waals surface area contributed by atoms with Gasteiger partial charge in [-0.3, -0.25) is 9.17 Å². The van der Waals surface area contributed by atoms with Crippen molar-refractivity contribution in [3.05, 3.63) is 21.0 Å². The molecule has 1 N–H and O–H groups in total. The molecule has 0 unspecified atom stereocenters. The van der Waals surface area contributed by atoms with E-state index in [0.717, 1.165) is 17.4 Å². The lowest BCUT2D eigenvalue weighted by Crippen LogP contribution is -2.53. The number of fused-ring (bicyclic) bond motifs is 7. The first-order chi connectivity index (χ1) is 14.5. The molecule has 4 atom stereocenters. The molecule has 1 aromatic heterocycles. The summed E-state index contributed by atoms with van der Waals surface area (Å²) < 4.78 is 89.7. The number of aromatic amines is 1. The Balaban J connectivity index is 1.56. The van der Waals surface area contributed by atoms with Gasteiger partial charge in [0.1, 0.15) is 25.4 Å². The zero-order chi connectivity index (χ0) is 22.2. The predicted molar refractivity (Wildman–Crippen MR) is 89.3 cm³/mol. The Labute approximate surface area is 171 Å². The highest BCUT2D eigenvalue weighted by Gasteiger charge is 2.68. The van der Waals surface area contributed by atoms with E-state index < -0.39 is 76.1 Å². The number of halogens is 3. The molecule has 12 nitrogen and oxygen atoms in total. The highest BCUT2D eigenvalue weighted by Crippen LogP contribution is 2.54. The van der Waals surface area contributed by atoms with Crippen LogP contribution in [0.2, 0.25) is 0 Å². The number of nitrogens with one attached hydrogen (secondary N) is 1. The van der Waals surface area contributed by atoms with Crippen LogP contribution in [0, 0.1) is 0 Å². The number of rotatable bonds is 3. The summed E-state index contributed by atoms with van der Waals surface area (Å²) in [5, 5.41) is 0. The number of aromatic nitrogens is 3. The maximum Gasteiger partial charge on any atom is 0.523 e. The van der Waals surface area contributed by atoms with Gasteiger partial charge in [0.15, 0.2) is 17.6 Å². The molecule has 31 heavy (non-hydrogen) atoms. The first-order valence-corrected chi connectivity index (χ1v) is 10.7. The van der Waals surface area contributed by atoms with E-state index in [1.54, 1.807) is 0 Å². The molecule has 3 aliphatic heterocycles. The minimum atomic E-state index is -5.95. The Kier molecular flexibility index (Phi) is 4.38. The minimum Gasteiger partial charge on any atom is -0.461 e. The summed E-state index contributed by atoms with van der Waals surface area (Å²) in [6.45, 7) is -1.73. The van der Waals surface area contributed by atoms with Crippen LogP contribution in [0.1, 0.15) is 31.9 Å². The Morgan fingerprint density at radius 3 is 2.58 bits per heavy atom. The molecule has 0 radical (unpaired) electrons. The average Bonchev–Trinajstić information content (AvgIpc) is 3.31. The Morgan fingerprint density at radius 1 is 1.19 bits per heavy atom. The second-order valence-corrected chi connectivity index (χ2v) is 9.37. The average molecular weight is 471 g/mol. The summed E-state index contributed by atoms with van der Waals surface area (Å²) in [4.78, 5) is 29.5. The van der Waals surface area contributed by atoms with Crippen LogP contribution in [0.25, 0.3) is 0 Å². The Bertz CT molecular complexity index is 1130. The topological polar surface area (TPSA) is 148 Å². The van der Waals surface area contributed by atoms with Crippen molar-refractivity contribution in [2.45, 2.75) is 61.0 Å². The van der Waals surface area contributed by atoms with Gasteiger partial charge in [0.25, 0.3) is 0 Å². The minimum absolute atomic E-state index is 0.450. The highest BCUT2D eigenvalue weighted by atomic mass is 32.2. The lowest BCUT2D eigenvalue weighted by atomic mass is 9.96. The van der Waals surface area contributed by atoms with Crippen molar-refractivity contribution < 1.29 is 44.7 Å². The molecule has 3 fully saturated rings. The van der Waals surface area contributed by atoms with E-state index in [1.807, 2.05) is 4.98 Å². The van der Waals surface area contributed by atoms with Crippen molar-refractivity contribution in [1.29, 1.82) is 0 Å². The molecule has 2 bridgehead atoms. The maximum atomic E-state index is 12.8. The smallest absolute Gasteiger partial charge is 0.461 e. The van der Waals surface area contributed by atoms with Crippen LogP contribution in [0.5, 0.6) is 6.01 Å². The van der Waals surface area contributed by atoms with Crippen LogP contribution in [0.15, 0.2) is 9.59 Å². The van der Waals surface area contributed by atoms with Crippen LogP contribution < -0.4 is 16.1 Å². The number of H-pyrrole nitrogens is 1. The highest BCUT2D eigenvalue weighted by molar-refractivity contribution is 7.87. The van der Waals surface area contributed by atoms with Crippen LogP contribution in [0.3, 0.4) is 0 Å². The van der Waals surface area contributed by atoms with Gasteiger partial charge >= 0.3 is 33.0 Å². The lowest BCUT2D eigenvalue weighted by molar-refractivity contribution is -0.238. The summed E-state index contributed by atoms with van der Waals surface area (Å²) in [6, 6.07) is -0.450. The predicted octanol–water partition coefficient (Wildman–Crippen LogP) is -0.488. The number of hydrogen-bond donors (Lipinski definition) is 1. The second-order valence-electron chi connectivity index (χ2n) is 7.76. The fourth-order valence-corrected chi connectivity index (χ4v) is 4.90. The number of hydrogen-bond acceptors (Lipinski definition) is 10. The largest absolute Gasteiger partial charge is 0.523 e. The molecular formula is C15H16F3N3O9S. The SMILES string of the molecule is O=c1nc2n(c(=O)[nH]1)[C@@H]1O[C@](COS(=O)(=O)C(F)(F)F)(CO2)[C@H]2OC3(CCCC3)O[C@@H]12. The van der Waals surface area contributed by atoms with E-state index >= 15 is 0 Å². The zero-order valence-electron chi connectivity index (χ0n) is 15.6. The quantitative estimate of drug-likeness (QED) is 0.452. The van der Waals surface area contributed by atoms with Gasteiger partial charge in [0.2, 0.25) is 0 Å². The molecule has 5 rings (SSSR count). The van der Waals surface area contributed by atoms with E-state index in [-0.39, 0.29) is 0 Å². The third-order valence-corrected chi connectivity index (χ3v) is 6.78. The Morgan fingerprint density at radius 2 is 1.90 bits per heavy atom. The van der Waals surface area contributed by atoms with Gasteiger partial charge < -0.3 is 18.9 Å². The third-order valence-electron chi connectivity index (χ3n) is 5.79. The summed E-state index contributed by atoms with van der Waals surface area (Å²) in [5.74, 6) is -1.05. The summed E-state index contributed by atoms with van der Waals surface area (Å²) in [7, 11) is -5.95. The van der Waals surface area contributed by atoms with Crippen molar-refractivity contribution in [2.75, 3.05) is 13.2 Å². The maximum absolute atomic E-state index is 12.8. The summed E-state index contributed by atoms with van der Waals surface area (Å²) >= 11 is 0. The molecule has 0 aromatic carbocycles. The third kappa shape index (κ3) is 3.11. The van der Waals surface area contributed by atoms with Crippen molar-refractivity contribution in [1.82, 2.24) is 14.5 Å². The molecular weight excluding hydrogens is 455 g/mol. The molecule has 172 valence electrons. The molecule has 1 saturated carbocycles. The fourth-order valence-electron chi connectivity index (χ4n) is 4.41. The molecule has 1 aromatic rings. The first kappa shape index (κ1) is 20.9. The van der Waals surface area contributed by atoms with Gasteiger partial charge in [0.05, 0.1) is 0 Å². The van der Waals surface area contributed by atoms with Gasteiger partial charge in [-0.15, -0.1) is 4.98 Å². The van der Waals surface area contributed by atoms with Gasteiger partial charge in [-0.2, -0.15) is 21.6 Å². The van der Waals surface area contributed by atoms with Crippen LogP contribution in [-0.2, 0) is 28.5 Å². The molecule has 16 heteroatoms. The number of ether oxygens (including phenoxy) is 4. The van der Waals surface area contributed by atoms with E-state index in [4.69, 9.17) is 18.9 Å². The molecule has 2 saturated heterocycles. The van der Waals surface area contributed by atoms with Gasteiger partial charge in [0, 0.05) is 12.8 Å². The van der Waals surface area contributed by atoms with Crippen LogP contribution >= 0.6 is 0 Å². The molecule has 0 amide bonds. The van der Waals surface area contributed by atoms with E-state index in [1.165, 1.54) is 0 Å². The number of nitrogens with zero attached hydrogens (tertiary/aromatic N) is 2. The Hall–Kier alpha value is -2.01. The van der Waals surface area contributed by atoms with E-state index in [2.05, 4.69) is 9.17 Å². The zero-order valence-corrected chi connectivity index (χ0v) is 16.4. The first-order valence-electron chi connectivity index (χ1n) is 9.30. The van der Waals surface area contributed by atoms with Gasteiger partial charge in [-0.25, -0.2) is 14.2 Å². The van der Waals surface area contributed by atoms with Gasteiger partial charge in [-0.05, 0) is 12.8 Å². The van der Waals surface area contributed by atoms with Crippen molar-refractivity contribution in [2.24, 2.45) is 0 Å². The fraction of sp³-hybridized carbons (Fsp3) is 0.800. The molecule has 1 spiro atoms. The normalized spacial score (nSPS) is 33.7. The van der Waals surface area contributed by atoms with E-state index in [9.17, 15) is 31.2 Å². The monoisotopic (exact) mass is 471 g/mol. The second kappa shape index (κ2) is 6.50. The standard InChI is InChI=1S/C15H16F3N3O9S/c16-15(17,18)31(24,25)27-6-13-5-26-12-20-10(22)19-11(23)21(12)9(30-13)7-8(13)29-14(28-7)3-1-2-4-14/h7-9H,1-6H2,(H,19,22,23)/t7-,8+,9-,13+/m1/s1. The summed E-state index contributed by atoms with van der Waals surface area (Å²) in [5.41, 5.74) is -9.49. The van der Waals surface area contributed by atoms with Gasteiger partial charge in [-0.1, -0.05) is 0 Å². The summed E-state index contributed by atoms with van der Waals surface area (Å²) in [6.07, 6.45) is -0.878. The van der Waals surface area contributed by atoms with Crippen LogP contribution in [0.4, 0.5) is 13.2 Å². The molecule has 4 heterocycles. The van der Waals surface area contributed by atoms with Crippen molar-refractivity contribution >= 4 is 10.1 Å². The number of alkyl halides is 3.